The molecule has 1 aromatic heterocycles. The fourth-order valence-corrected chi connectivity index (χ4v) is 14.4. The largest absolute Gasteiger partial charge is 0.379 e. The highest BCUT2D eigenvalue weighted by molar-refractivity contribution is 7.09. The lowest BCUT2D eigenvalue weighted by Crippen LogP contribution is -2.63. The van der Waals surface area contributed by atoms with Crippen molar-refractivity contribution in [1.29, 1.82) is 0 Å². The molecule has 95 heavy (non-hydrogen) atoms. The number of nitrogens with two attached hydrogens (primary N) is 1. The van der Waals surface area contributed by atoms with Crippen LogP contribution in [0.1, 0.15) is 148 Å². The molecule has 1 saturated carbocycles. The van der Waals surface area contributed by atoms with Gasteiger partial charge in [-0.15, -0.1) is 11.3 Å². The van der Waals surface area contributed by atoms with E-state index in [0.29, 0.717) is 76.6 Å². The van der Waals surface area contributed by atoms with Crippen LogP contribution >= 0.6 is 11.3 Å². The smallest absolute Gasteiger partial charge is 0.312 e. The molecule has 2 aromatic carbocycles. The molecule has 1 saturated heterocycles. The number of aromatic nitrogens is 1. The minimum atomic E-state index is -1.37. The molecule has 10 atom stereocenters. The molecule has 0 radical (unpaired) electrons. The number of thiazole rings is 1. The number of carbonyl (C=O) groups is 10. The van der Waals surface area contributed by atoms with Gasteiger partial charge < -0.3 is 61.4 Å². The van der Waals surface area contributed by atoms with Crippen LogP contribution in [0.3, 0.4) is 0 Å². The third kappa shape index (κ3) is 20.5. The number of likely N-dealkylation sites (tertiary alicyclic amines) is 1. The molecule has 25 heteroatoms. The lowest BCUT2D eigenvalue weighted by molar-refractivity contribution is -0.922. The number of methoxy groups -OCH3 is 2. The van der Waals surface area contributed by atoms with Gasteiger partial charge in [-0.2, -0.15) is 0 Å². The summed E-state index contributed by atoms with van der Waals surface area (Å²) in [6, 6.07) is 12.4. The number of unbranched alkanes of at least 4 members (excludes halogenated alkanes) is 2. The number of benzene rings is 2. The Bertz CT molecular complexity index is 3090. The molecule has 11 amide bonds. The van der Waals surface area contributed by atoms with E-state index in [1.165, 1.54) is 28.4 Å². The Kier molecular flexibility index (Phi) is 28.9. The number of quaternary nitrogens is 1. The Morgan fingerprint density at radius 3 is 2.03 bits per heavy atom. The molecule has 8 N–H and O–H groups in total. The third-order valence-electron chi connectivity index (χ3n) is 19.2. The van der Waals surface area contributed by atoms with Gasteiger partial charge in [0.05, 0.1) is 56.8 Å². The summed E-state index contributed by atoms with van der Waals surface area (Å²) in [5, 5.41) is 20.2. The predicted octanol–water partition coefficient (Wildman–Crippen LogP) is 6.16. The normalized spacial score (nSPS) is 18.1. The Morgan fingerprint density at radius 1 is 0.779 bits per heavy atom. The summed E-state index contributed by atoms with van der Waals surface area (Å²) in [7, 11) is 8.75. The van der Waals surface area contributed by atoms with Crippen LogP contribution < -0.4 is 37.6 Å². The molecule has 6 rings (SSSR count). The lowest BCUT2D eigenvalue weighted by Gasteiger charge is -2.42. The summed E-state index contributed by atoms with van der Waals surface area (Å²) in [5.74, 6) is -4.49. The summed E-state index contributed by atoms with van der Waals surface area (Å²) in [6.07, 6.45) is 8.82. The molecule has 4 unspecified atom stereocenters. The van der Waals surface area contributed by atoms with Gasteiger partial charge in [0.25, 0.3) is 17.7 Å². The molecule has 2 fully saturated rings. The Labute approximate surface area is 565 Å². The average molecular weight is 1340 g/mol. The van der Waals surface area contributed by atoms with Crippen molar-refractivity contribution in [2.45, 2.75) is 187 Å². The number of carbonyl (C=O) groups excluding carboxylic acids is 10. The van der Waals surface area contributed by atoms with Crippen LogP contribution in [0.25, 0.3) is 0 Å². The number of amides is 11. The number of hydrogen-bond donors (Lipinski definition) is 7. The number of nitrogens with one attached hydrogen (secondary N) is 6. The second-order valence-corrected chi connectivity index (χ2v) is 28.1. The zero-order chi connectivity index (χ0) is 69.7. The van der Waals surface area contributed by atoms with Gasteiger partial charge in [0.15, 0.2) is 6.04 Å². The van der Waals surface area contributed by atoms with Gasteiger partial charge in [-0.3, -0.25) is 48.1 Å². The van der Waals surface area contributed by atoms with Crippen molar-refractivity contribution in [1.82, 2.24) is 46.3 Å². The minimum absolute atomic E-state index is 0.0361. The molecule has 522 valence electrons. The molecular formula is C70H105N12O12S+. The average Bonchev–Trinajstić information content (AvgIpc) is 1.41. The van der Waals surface area contributed by atoms with Crippen molar-refractivity contribution in [3.63, 3.8) is 0 Å². The Balaban J connectivity index is 1.07. The van der Waals surface area contributed by atoms with Crippen molar-refractivity contribution < 1.29 is 61.9 Å². The quantitative estimate of drug-likeness (QED) is 0.0147. The Hall–Kier alpha value is -7.61. The summed E-state index contributed by atoms with van der Waals surface area (Å²) in [6.45, 7) is 15.2. The molecular weight excluding hydrogens is 1230 g/mol. The second-order valence-electron chi connectivity index (χ2n) is 27.1. The fourth-order valence-electron chi connectivity index (χ4n) is 13.7. The first kappa shape index (κ1) is 76.4. The lowest BCUT2D eigenvalue weighted by atomic mass is 9.67. The fraction of sp³-hybridized carbons (Fsp3) is 0.614. The molecule has 3 aromatic rings. The van der Waals surface area contributed by atoms with E-state index in [2.05, 4.69) is 36.9 Å². The van der Waals surface area contributed by atoms with Gasteiger partial charge in [-0.25, -0.2) is 9.78 Å². The van der Waals surface area contributed by atoms with E-state index in [4.69, 9.17) is 15.2 Å². The van der Waals surface area contributed by atoms with Crippen molar-refractivity contribution >= 4 is 76.2 Å². The second kappa shape index (κ2) is 35.9. The predicted molar refractivity (Wildman–Crippen MR) is 363 cm³/mol. The zero-order valence-electron chi connectivity index (χ0n) is 57.8. The van der Waals surface area contributed by atoms with Crippen molar-refractivity contribution in [3.05, 3.63) is 94.5 Å². The van der Waals surface area contributed by atoms with Crippen LogP contribution in [0.2, 0.25) is 0 Å². The van der Waals surface area contributed by atoms with Crippen molar-refractivity contribution in [2.75, 3.05) is 66.9 Å². The van der Waals surface area contributed by atoms with Gasteiger partial charge in [0, 0.05) is 88.3 Å². The first-order chi connectivity index (χ1) is 45.2. The van der Waals surface area contributed by atoms with Crippen molar-refractivity contribution in [3.8, 4) is 0 Å². The summed E-state index contributed by atoms with van der Waals surface area (Å²) < 4.78 is 12.5. The summed E-state index contributed by atoms with van der Waals surface area (Å²) in [5.41, 5.74) is 6.27. The number of likely N-dealkylation sites (N-methyl/N-ethyl adjacent to an activating group) is 2. The van der Waals surface area contributed by atoms with Gasteiger partial charge in [0.1, 0.15) is 29.1 Å². The van der Waals surface area contributed by atoms with Gasteiger partial charge in [0.2, 0.25) is 35.4 Å². The highest BCUT2D eigenvalue weighted by Gasteiger charge is 2.52. The maximum absolute atomic E-state index is 15.0. The highest BCUT2D eigenvalue weighted by Crippen LogP contribution is 2.42. The standard InChI is InChI=1S/C70H104N12O12S/c1-13-46(6)59(54(93-11)42-57(85)80-39-21-26-53(80)61(94-12)47(7)62(86)76-52(65-72-37-40-95-65)41-48-23-16-14-17-24-48)79(8)66(89)58(44(2)3)78-64(88)60(45(4)5)82(9,10)43-49-27-29-50(30-28-49)75-63(87)51(25-20-36-74-69(71)92)77-68(91)70(33-22-34-70)67(90)73-35-18-15-19-38-81-55(83)31-32-56(81)84/h14,16-17,23-24,27-32,37,40,44-47,51-54,58-61H,13,15,18-22,25-26,33-36,38-39,41-43H2,1-12H3,(H7-,71,73,74,75,76,77,78,86,87,88,90,91,92)/p+1/t46-,47+,51?,52-,53?,54+,58?,59-,60?,61+/m0/s1. The third-order valence-corrected chi connectivity index (χ3v) is 20.1. The van der Waals surface area contributed by atoms with Crippen LogP contribution in [0.5, 0.6) is 0 Å². The highest BCUT2D eigenvalue weighted by atomic mass is 32.1. The molecule has 2 aliphatic heterocycles. The number of imide groups is 1. The zero-order valence-corrected chi connectivity index (χ0v) is 58.6. The van der Waals surface area contributed by atoms with Gasteiger partial charge in [-0.05, 0) is 93.7 Å². The maximum atomic E-state index is 15.0. The molecule has 0 bridgehead atoms. The topological polar surface area (TPSA) is 310 Å². The number of ether oxygens (including phenoxy) is 2. The van der Waals surface area contributed by atoms with Crippen LogP contribution in [0.15, 0.2) is 78.3 Å². The molecule has 3 aliphatic rings. The number of primary amides is 1. The first-order valence-corrected chi connectivity index (χ1v) is 34.6. The number of urea groups is 1. The molecule has 24 nitrogen and oxygen atoms in total. The molecule has 0 spiro atoms. The van der Waals surface area contributed by atoms with E-state index < -0.39 is 71.5 Å². The summed E-state index contributed by atoms with van der Waals surface area (Å²) >= 11 is 1.48. The number of rotatable bonds is 38. The van der Waals surface area contributed by atoms with E-state index in [9.17, 15) is 43.2 Å². The number of hydrogen-bond acceptors (Lipinski definition) is 14. The maximum Gasteiger partial charge on any atom is 0.312 e. The number of nitrogens with zero attached hydrogens (tertiary/aromatic N) is 5. The van der Waals surface area contributed by atoms with Gasteiger partial charge in [-0.1, -0.05) is 104 Å². The van der Waals surface area contributed by atoms with Crippen LogP contribution in [-0.2, 0) is 65.6 Å². The van der Waals surface area contributed by atoms with E-state index >= 15 is 4.79 Å². The van der Waals surface area contributed by atoms with E-state index in [0.717, 1.165) is 22.6 Å². The van der Waals surface area contributed by atoms with E-state index in [-0.39, 0.29) is 109 Å². The van der Waals surface area contributed by atoms with Crippen LogP contribution in [0, 0.1) is 29.1 Å². The first-order valence-electron chi connectivity index (χ1n) is 33.7. The number of anilines is 1. The van der Waals surface area contributed by atoms with Crippen LogP contribution in [0.4, 0.5) is 10.5 Å². The summed E-state index contributed by atoms with van der Waals surface area (Å²) in [4.78, 5) is 145. The van der Waals surface area contributed by atoms with E-state index in [1.54, 1.807) is 44.5 Å². The Morgan fingerprint density at radius 2 is 1.45 bits per heavy atom. The molecule has 3 heterocycles. The monoisotopic (exact) mass is 1340 g/mol. The van der Waals surface area contributed by atoms with Gasteiger partial charge >= 0.3 is 6.03 Å². The van der Waals surface area contributed by atoms with Crippen LogP contribution in [-0.4, -0.2) is 187 Å². The minimum Gasteiger partial charge on any atom is -0.379 e. The van der Waals surface area contributed by atoms with E-state index in [1.807, 2.05) is 115 Å². The SMILES string of the molecule is CC[C@H](C)[C@@H]([C@@H](CC(=O)N1CCCC1[C@H](OC)[C@@H](C)C(=O)N[C@@H](Cc1ccccc1)c1nccs1)OC)N(C)C(=O)C(NC(=O)C(C(C)C)[N+](C)(C)Cc1ccc(NC(=O)C(CCCNC(N)=O)NC(=O)C2(C(=O)NCCCCCN3C(=O)C=CC3=O)CCC2)cc1)C(C)C. The van der Waals surface area contributed by atoms with Crippen molar-refractivity contribution in [2.24, 2.45) is 34.8 Å². The molecule has 1 aliphatic carbocycles.